The monoisotopic (exact) mass is 288 g/mol. The number of hydrogen-bond donors (Lipinski definition) is 1. The van der Waals surface area contributed by atoms with Gasteiger partial charge in [0.15, 0.2) is 0 Å². The highest BCUT2D eigenvalue weighted by atomic mass is 32.2. The van der Waals surface area contributed by atoms with E-state index in [2.05, 4.69) is 6.92 Å². The molecule has 2 rings (SSSR count). The lowest BCUT2D eigenvalue weighted by atomic mass is 9.66. The first-order valence-electron chi connectivity index (χ1n) is 7.70. The van der Waals surface area contributed by atoms with E-state index in [1.54, 1.807) is 0 Å². The lowest BCUT2D eigenvalue weighted by Crippen LogP contribution is -2.43. The molecule has 0 aromatic heterocycles. The van der Waals surface area contributed by atoms with Crippen LogP contribution in [0.5, 0.6) is 0 Å². The molecule has 3 nitrogen and oxygen atoms in total. The van der Waals surface area contributed by atoms with Crippen LogP contribution in [0.4, 0.5) is 0 Å². The fraction of sp³-hybridized carbons (Fsp3) is 1.00. The molecule has 3 atom stereocenters. The molecule has 0 saturated heterocycles. The van der Waals surface area contributed by atoms with Gasteiger partial charge in [0.2, 0.25) is 0 Å². The van der Waals surface area contributed by atoms with E-state index in [0.717, 1.165) is 32.1 Å². The van der Waals surface area contributed by atoms with Crippen molar-refractivity contribution in [3.63, 3.8) is 0 Å². The maximum atomic E-state index is 11.7. The zero-order chi connectivity index (χ0) is 14.1. The summed E-state index contributed by atoms with van der Waals surface area (Å²) in [5.74, 6) is 0.177. The Bertz CT molecular complexity index is 396. The van der Waals surface area contributed by atoms with Crippen LogP contribution in [-0.4, -0.2) is 31.1 Å². The second-order valence-electron chi connectivity index (χ2n) is 7.04. The molecular weight excluding hydrogens is 260 g/mol. The molecule has 3 unspecified atom stereocenters. The van der Waals surface area contributed by atoms with E-state index in [9.17, 15) is 13.5 Å². The van der Waals surface area contributed by atoms with Gasteiger partial charge < -0.3 is 5.11 Å². The Morgan fingerprint density at radius 3 is 2.32 bits per heavy atom. The third kappa shape index (κ3) is 3.52. The maximum absolute atomic E-state index is 11.7. The van der Waals surface area contributed by atoms with Crippen molar-refractivity contribution in [1.29, 1.82) is 0 Å². The topological polar surface area (TPSA) is 54.4 Å². The van der Waals surface area contributed by atoms with Gasteiger partial charge in [-0.3, -0.25) is 0 Å². The Kier molecular flexibility index (Phi) is 4.61. The molecule has 1 N–H and O–H groups in total. The molecule has 112 valence electrons. The van der Waals surface area contributed by atoms with Crippen molar-refractivity contribution >= 4 is 9.84 Å². The lowest BCUT2D eigenvalue weighted by molar-refractivity contribution is -0.0404. The van der Waals surface area contributed by atoms with E-state index in [1.807, 2.05) is 0 Å². The number of aliphatic hydroxyl groups is 1. The minimum Gasteiger partial charge on any atom is -0.392 e. The maximum Gasteiger partial charge on any atom is 0.150 e. The fourth-order valence-corrected chi connectivity index (χ4v) is 5.27. The average molecular weight is 288 g/mol. The van der Waals surface area contributed by atoms with Crippen molar-refractivity contribution in [2.75, 3.05) is 6.26 Å². The first-order valence-corrected chi connectivity index (χ1v) is 9.65. The molecule has 0 aromatic carbocycles. The number of sulfone groups is 1. The van der Waals surface area contributed by atoms with Crippen molar-refractivity contribution < 1.29 is 13.5 Å². The summed E-state index contributed by atoms with van der Waals surface area (Å²) in [6.45, 7) is 2.20. The first kappa shape index (κ1) is 15.3. The van der Waals surface area contributed by atoms with Gasteiger partial charge in [0, 0.05) is 6.26 Å². The summed E-state index contributed by atoms with van der Waals surface area (Å²) in [6.07, 6.45) is 10.3. The third-order valence-corrected chi connectivity index (χ3v) is 7.07. The van der Waals surface area contributed by atoms with Gasteiger partial charge in [-0.05, 0) is 43.4 Å². The Labute approximate surface area is 117 Å². The molecule has 0 aliphatic heterocycles. The van der Waals surface area contributed by atoms with Crippen LogP contribution in [0.1, 0.15) is 64.7 Å². The van der Waals surface area contributed by atoms with Gasteiger partial charge in [-0.1, -0.05) is 32.6 Å². The van der Waals surface area contributed by atoms with Crippen molar-refractivity contribution in [3.8, 4) is 0 Å². The van der Waals surface area contributed by atoms with Crippen LogP contribution >= 0.6 is 0 Å². The second kappa shape index (κ2) is 5.72. The Balaban J connectivity index is 2.04. The highest BCUT2D eigenvalue weighted by Crippen LogP contribution is 2.44. The highest BCUT2D eigenvalue weighted by molar-refractivity contribution is 7.91. The van der Waals surface area contributed by atoms with E-state index in [1.165, 1.54) is 25.5 Å². The molecule has 0 heterocycles. The second-order valence-corrected chi connectivity index (χ2v) is 9.36. The summed E-state index contributed by atoms with van der Waals surface area (Å²) in [7, 11) is -2.95. The summed E-state index contributed by atoms with van der Waals surface area (Å²) in [5.41, 5.74) is 0.0162. The van der Waals surface area contributed by atoms with Crippen molar-refractivity contribution in [3.05, 3.63) is 0 Å². The summed E-state index contributed by atoms with van der Waals surface area (Å²) in [5, 5.41) is 10.5. The van der Waals surface area contributed by atoms with Crippen LogP contribution < -0.4 is 0 Å². The van der Waals surface area contributed by atoms with Gasteiger partial charge >= 0.3 is 0 Å². The number of rotatable bonds is 3. The van der Waals surface area contributed by atoms with Crippen LogP contribution in [-0.2, 0) is 9.84 Å². The fourth-order valence-electron chi connectivity index (χ4n) is 4.08. The predicted octanol–water partition coefficient (Wildman–Crippen LogP) is 2.92. The van der Waals surface area contributed by atoms with E-state index in [4.69, 9.17) is 0 Å². The summed E-state index contributed by atoms with van der Waals surface area (Å²) in [6, 6.07) is 0. The molecule has 0 spiro atoms. The van der Waals surface area contributed by atoms with E-state index in [0.29, 0.717) is 6.42 Å². The normalized spacial score (nSPS) is 33.8. The van der Waals surface area contributed by atoms with Crippen LogP contribution in [0.2, 0.25) is 0 Å². The van der Waals surface area contributed by atoms with Crippen LogP contribution in [0.3, 0.4) is 0 Å². The Morgan fingerprint density at radius 1 is 1.11 bits per heavy atom. The predicted molar refractivity (Wildman–Crippen MR) is 77.8 cm³/mol. The average Bonchev–Trinajstić information content (AvgIpc) is 2.38. The molecule has 2 fully saturated rings. The molecule has 4 heteroatoms. The van der Waals surface area contributed by atoms with Gasteiger partial charge in [0.05, 0.1) is 11.4 Å². The lowest BCUT2D eigenvalue weighted by Gasteiger charge is -2.43. The van der Waals surface area contributed by atoms with Gasteiger partial charge in [-0.25, -0.2) is 8.42 Å². The molecule has 0 radical (unpaired) electrons. The van der Waals surface area contributed by atoms with Crippen molar-refractivity contribution in [1.82, 2.24) is 0 Å². The Hall–Kier alpha value is -0.0900. The first-order chi connectivity index (χ1) is 8.83. The van der Waals surface area contributed by atoms with Crippen LogP contribution in [0.25, 0.3) is 0 Å². The van der Waals surface area contributed by atoms with E-state index in [-0.39, 0.29) is 22.7 Å². The van der Waals surface area contributed by atoms with Gasteiger partial charge in [-0.2, -0.15) is 0 Å². The summed E-state index contributed by atoms with van der Waals surface area (Å²) < 4.78 is 23.5. The van der Waals surface area contributed by atoms with Crippen LogP contribution in [0.15, 0.2) is 0 Å². The zero-order valence-corrected chi connectivity index (χ0v) is 13.1. The molecule has 0 bridgehead atoms. The quantitative estimate of drug-likeness (QED) is 0.868. The SMILES string of the molecule is CC1(C(O)C2CCCC(S(C)(=O)=O)C2)CCCCC1. The van der Waals surface area contributed by atoms with Crippen LogP contribution in [0, 0.1) is 11.3 Å². The number of aliphatic hydroxyl groups excluding tert-OH is 1. The van der Waals surface area contributed by atoms with Gasteiger partial charge in [0.1, 0.15) is 9.84 Å². The molecule has 2 aliphatic rings. The van der Waals surface area contributed by atoms with Crippen molar-refractivity contribution in [2.45, 2.75) is 76.1 Å². The summed E-state index contributed by atoms with van der Waals surface area (Å²) >= 11 is 0. The standard InChI is InChI=1S/C15H28O3S/c1-15(9-4-3-5-10-15)14(16)12-7-6-8-13(11-12)19(2,17)18/h12-14,16H,3-11H2,1-2H3. The van der Waals surface area contributed by atoms with Gasteiger partial charge in [0.25, 0.3) is 0 Å². The molecular formula is C15H28O3S. The number of hydrogen-bond acceptors (Lipinski definition) is 3. The molecule has 2 aliphatic carbocycles. The van der Waals surface area contributed by atoms with E-state index >= 15 is 0 Å². The Morgan fingerprint density at radius 2 is 1.74 bits per heavy atom. The van der Waals surface area contributed by atoms with Gasteiger partial charge in [-0.15, -0.1) is 0 Å². The molecule has 0 amide bonds. The molecule has 19 heavy (non-hydrogen) atoms. The minimum absolute atomic E-state index is 0.0162. The molecule has 0 aromatic rings. The zero-order valence-electron chi connectivity index (χ0n) is 12.3. The van der Waals surface area contributed by atoms with E-state index < -0.39 is 9.84 Å². The largest absolute Gasteiger partial charge is 0.392 e. The minimum atomic E-state index is -2.95. The van der Waals surface area contributed by atoms with Crippen molar-refractivity contribution in [2.24, 2.45) is 11.3 Å². The third-order valence-electron chi connectivity index (χ3n) is 5.43. The summed E-state index contributed by atoms with van der Waals surface area (Å²) in [4.78, 5) is 0. The molecule has 2 saturated carbocycles. The highest BCUT2D eigenvalue weighted by Gasteiger charge is 2.41. The smallest absolute Gasteiger partial charge is 0.150 e.